The highest BCUT2D eigenvalue weighted by atomic mass is 15.2. The van der Waals surface area contributed by atoms with Crippen LogP contribution in [0.5, 0.6) is 0 Å². The zero-order valence-electron chi connectivity index (χ0n) is 14.9. The number of hydrogen-bond acceptors (Lipinski definition) is 6. The number of hydrogen-bond donors (Lipinski definition) is 2. The van der Waals surface area contributed by atoms with E-state index in [1.54, 1.807) is 23.3 Å². The first kappa shape index (κ1) is 16.1. The van der Waals surface area contributed by atoms with E-state index in [0.717, 1.165) is 22.5 Å². The number of nitrogens with zero attached hydrogens (tertiary/aromatic N) is 6. The molecule has 0 radical (unpaired) electrons. The van der Waals surface area contributed by atoms with Gasteiger partial charge in [0.05, 0.1) is 24.1 Å². The number of anilines is 2. The topological polar surface area (TPSA) is 85.0 Å². The molecule has 0 aromatic carbocycles. The number of aromatic nitrogens is 6. The zero-order chi connectivity index (χ0) is 18.1. The van der Waals surface area contributed by atoms with Crippen LogP contribution in [0.4, 0.5) is 11.6 Å². The summed E-state index contributed by atoms with van der Waals surface area (Å²) in [6.07, 6.45) is 11.2. The first-order valence-electron chi connectivity index (χ1n) is 8.37. The van der Waals surface area contributed by atoms with Gasteiger partial charge < -0.3 is 15.0 Å². The van der Waals surface area contributed by atoms with Gasteiger partial charge in [0.1, 0.15) is 5.65 Å². The maximum absolute atomic E-state index is 4.74. The molecule has 4 aromatic heterocycles. The molecule has 4 aromatic rings. The van der Waals surface area contributed by atoms with E-state index in [9.17, 15) is 0 Å². The highest BCUT2D eigenvalue weighted by Crippen LogP contribution is 2.26. The Labute approximate surface area is 150 Å². The standard InChI is InChI=1S/C18H20N8/c1-12(13-4-5-16-20-6-7-26(16)11-13)23-18-17(19-2)21-9-15(24-18)14-8-22-25(3)10-14/h4-12H,1-3H3,(H,19,21)(H,23,24)/t12-/m0/s1. The molecule has 0 aliphatic carbocycles. The second-order valence-electron chi connectivity index (χ2n) is 6.13. The monoisotopic (exact) mass is 348 g/mol. The number of rotatable bonds is 5. The summed E-state index contributed by atoms with van der Waals surface area (Å²) in [7, 11) is 3.72. The minimum atomic E-state index is 0.0485. The minimum absolute atomic E-state index is 0.0485. The number of aryl methyl sites for hydroxylation is 1. The van der Waals surface area contributed by atoms with Crippen molar-refractivity contribution in [3.05, 3.63) is 54.9 Å². The number of imidazole rings is 1. The van der Waals surface area contributed by atoms with Crippen LogP contribution >= 0.6 is 0 Å². The van der Waals surface area contributed by atoms with E-state index >= 15 is 0 Å². The summed E-state index contributed by atoms with van der Waals surface area (Å²) < 4.78 is 3.75. The van der Waals surface area contributed by atoms with Gasteiger partial charge >= 0.3 is 0 Å². The Morgan fingerprint density at radius 3 is 2.73 bits per heavy atom. The molecule has 8 nitrogen and oxygen atoms in total. The molecule has 0 fully saturated rings. The Balaban J connectivity index is 1.65. The average molecular weight is 348 g/mol. The number of nitrogens with one attached hydrogen (secondary N) is 2. The largest absolute Gasteiger partial charge is 0.370 e. The molecular formula is C18H20N8. The van der Waals surface area contributed by atoms with Crippen LogP contribution in [0.3, 0.4) is 0 Å². The van der Waals surface area contributed by atoms with E-state index in [2.05, 4.69) is 44.9 Å². The highest BCUT2D eigenvalue weighted by Gasteiger charge is 2.13. The first-order valence-corrected chi connectivity index (χ1v) is 8.37. The van der Waals surface area contributed by atoms with Crippen molar-refractivity contribution < 1.29 is 0 Å². The third kappa shape index (κ3) is 2.97. The summed E-state index contributed by atoms with van der Waals surface area (Å²) in [5.74, 6) is 1.40. The van der Waals surface area contributed by atoms with Crippen LogP contribution in [0.1, 0.15) is 18.5 Å². The molecule has 0 aliphatic heterocycles. The maximum Gasteiger partial charge on any atom is 0.170 e. The van der Waals surface area contributed by atoms with Gasteiger partial charge in [-0.3, -0.25) is 4.68 Å². The van der Waals surface area contributed by atoms with Crippen molar-refractivity contribution >= 4 is 17.3 Å². The van der Waals surface area contributed by atoms with Gasteiger partial charge in [0.15, 0.2) is 11.6 Å². The fourth-order valence-electron chi connectivity index (χ4n) is 2.85. The molecule has 26 heavy (non-hydrogen) atoms. The molecule has 0 unspecified atom stereocenters. The lowest BCUT2D eigenvalue weighted by Crippen LogP contribution is -2.12. The van der Waals surface area contributed by atoms with Gasteiger partial charge in [-0.05, 0) is 18.6 Å². The van der Waals surface area contributed by atoms with Gasteiger partial charge in [-0.25, -0.2) is 15.0 Å². The van der Waals surface area contributed by atoms with Crippen molar-refractivity contribution in [2.75, 3.05) is 17.7 Å². The van der Waals surface area contributed by atoms with Crippen LogP contribution in [-0.4, -0.2) is 36.2 Å². The molecule has 0 saturated carbocycles. The van der Waals surface area contributed by atoms with E-state index in [0.29, 0.717) is 11.6 Å². The van der Waals surface area contributed by atoms with Crippen molar-refractivity contribution in [2.24, 2.45) is 7.05 Å². The summed E-state index contributed by atoms with van der Waals surface area (Å²) in [6, 6.07) is 4.12. The van der Waals surface area contributed by atoms with Crippen LogP contribution in [0.25, 0.3) is 16.9 Å². The first-order chi connectivity index (χ1) is 12.6. The lowest BCUT2D eigenvalue weighted by molar-refractivity contribution is 0.768. The second-order valence-corrected chi connectivity index (χ2v) is 6.13. The third-order valence-corrected chi connectivity index (χ3v) is 4.27. The molecule has 0 saturated heterocycles. The smallest absolute Gasteiger partial charge is 0.170 e. The molecule has 2 N–H and O–H groups in total. The predicted octanol–water partition coefficient (Wildman–Crippen LogP) is 2.74. The summed E-state index contributed by atoms with van der Waals surface area (Å²) >= 11 is 0. The van der Waals surface area contributed by atoms with Crippen molar-refractivity contribution in [3.63, 3.8) is 0 Å². The van der Waals surface area contributed by atoms with Gasteiger partial charge in [-0.15, -0.1) is 0 Å². The SMILES string of the molecule is CNc1ncc(-c2cnn(C)c2)nc1N[C@@H](C)c1ccc2nccn2c1. The van der Waals surface area contributed by atoms with Gasteiger partial charge in [0.2, 0.25) is 0 Å². The molecule has 0 spiro atoms. The predicted molar refractivity (Wildman–Crippen MR) is 101 cm³/mol. The minimum Gasteiger partial charge on any atom is -0.370 e. The van der Waals surface area contributed by atoms with Crippen molar-refractivity contribution in [1.82, 2.24) is 29.1 Å². The lowest BCUT2D eigenvalue weighted by atomic mass is 10.1. The maximum atomic E-state index is 4.74. The van der Waals surface area contributed by atoms with E-state index in [-0.39, 0.29) is 6.04 Å². The molecule has 0 bridgehead atoms. The number of pyridine rings is 1. The fraction of sp³-hybridized carbons (Fsp3) is 0.222. The van der Waals surface area contributed by atoms with Crippen LogP contribution in [0.15, 0.2) is 49.3 Å². The van der Waals surface area contributed by atoms with Crippen molar-refractivity contribution in [3.8, 4) is 11.3 Å². The van der Waals surface area contributed by atoms with E-state index in [4.69, 9.17) is 4.98 Å². The van der Waals surface area contributed by atoms with Gasteiger partial charge in [0, 0.05) is 44.4 Å². The van der Waals surface area contributed by atoms with Crippen molar-refractivity contribution in [1.29, 1.82) is 0 Å². The van der Waals surface area contributed by atoms with E-state index < -0.39 is 0 Å². The second kappa shape index (κ2) is 6.47. The number of fused-ring (bicyclic) bond motifs is 1. The van der Waals surface area contributed by atoms with E-state index in [1.807, 2.05) is 37.0 Å². The van der Waals surface area contributed by atoms with Crippen LogP contribution < -0.4 is 10.6 Å². The third-order valence-electron chi connectivity index (χ3n) is 4.27. The Morgan fingerprint density at radius 2 is 1.96 bits per heavy atom. The molecule has 1 atom stereocenters. The molecular weight excluding hydrogens is 328 g/mol. The molecule has 4 rings (SSSR count). The van der Waals surface area contributed by atoms with Gasteiger partial charge in [-0.1, -0.05) is 6.07 Å². The molecule has 0 amide bonds. The summed E-state index contributed by atoms with van der Waals surface area (Å²) in [6.45, 7) is 2.09. The fourth-order valence-corrected chi connectivity index (χ4v) is 2.85. The average Bonchev–Trinajstić information content (AvgIpc) is 3.29. The molecule has 8 heteroatoms. The Morgan fingerprint density at radius 1 is 1.08 bits per heavy atom. The Bertz CT molecular complexity index is 1050. The molecule has 132 valence electrons. The van der Waals surface area contributed by atoms with Crippen molar-refractivity contribution in [2.45, 2.75) is 13.0 Å². The van der Waals surface area contributed by atoms with Gasteiger partial charge in [0.25, 0.3) is 0 Å². The summed E-state index contributed by atoms with van der Waals surface area (Å²) in [4.78, 5) is 13.5. The summed E-state index contributed by atoms with van der Waals surface area (Å²) in [5.41, 5.74) is 3.76. The Kier molecular flexibility index (Phi) is 4.00. The normalized spacial score (nSPS) is 12.3. The Hall–Kier alpha value is -3.42. The van der Waals surface area contributed by atoms with Crippen LogP contribution in [-0.2, 0) is 7.05 Å². The van der Waals surface area contributed by atoms with Gasteiger partial charge in [-0.2, -0.15) is 5.10 Å². The zero-order valence-corrected chi connectivity index (χ0v) is 14.9. The van der Waals surface area contributed by atoms with Crippen LogP contribution in [0, 0.1) is 0 Å². The van der Waals surface area contributed by atoms with Crippen LogP contribution in [0.2, 0.25) is 0 Å². The quantitative estimate of drug-likeness (QED) is 0.577. The summed E-state index contributed by atoms with van der Waals surface area (Å²) in [5, 5.41) is 10.7. The molecule has 0 aliphatic rings. The van der Waals surface area contributed by atoms with E-state index in [1.165, 1.54) is 0 Å². The lowest BCUT2D eigenvalue weighted by Gasteiger charge is -2.17. The molecule has 4 heterocycles. The highest BCUT2D eigenvalue weighted by molar-refractivity contribution is 5.66.